The normalized spacial score (nSPS) is 23.4. The molecular formula is C14H14BrFO3. The third-order valence-corrected chi connectivity index (χ3v) is 4.20. The predicted octanol–water partition coefficient (Wildman–Crippen LogP) is 3.34. The molecule has 3 nitrogen and oxygen atoms in total. The van der Waals surface area contributed by atoms with E-state index in [0.717, 1.165) is 6.42 Å². The number of carboxylic acid groups (broad SMARTS) is 1. The van der Waals surface area contributed by atoms with Crippen LogP contribution in [0.2, 0.25) is 0 Å². The minimum atomic E-state index is -1.45. The molecule has 1 fully saturated rings. The topological polar surface area (TPSA) is 54.4 Å². The van der Waals surface area contributed by atoms with Crippen molar-refractivity contribution in [3.8, 4) is 0 Å². The number of carbonyl (C=O) groups is 2. The first-order chi connectivity index (χ1) is 8.95. The van der Waals surface area contributed by atoms with Crippen LogP contribution in [0.5, 0.6) is 0 Å². The first-order valence-electron chi connectivity index (χ1n) is 6.16. The highest BCUT2D eigenvalue weighted by Gasteiger charge is 2.47. The largest absolute Gasteiger partial charge is 0.480 e. The number of carboxylic acids is 1. The van der Waals surface area contributed by atoms with Crippen molar-refractivity contribution in [2.45, 2.75) is 32.1 Å². The molecule has 0 spiro atoms. The standard InChI is InChI=1S/C14H14BrFO3/c15-10-5-4-9(11(16)7-10)8-14(13(18)19)6-2-1-3-12(14)17/h4-5,7H,1-3,6,8H2,(H,18,19). The van der Waals surface area contributed by atoms with E-state index in [9.17, 15) is 19.1 Å². The number of carbonyl (C=O) groups excluding carboxylic acids is 1. The summed E-state index contributed by atoms with van der Waals surface area (Å²) in [6, 6.07) is 4.48. The molecule has 2 rings (SSSR count). The zero-order valence-electron chi connectivity index (χ0n) is 10.3. The number of halogens is 2. The van der Waals surface area contributed by atoms with Crippen LogP contribution in [0, 0.1) is 11.2 Å². The second-order valence-corrected chi connectivity index (χ2v) is 5.85. The lowest BCUT2D eigenvalue weighted by Gasteiger charge is -2.31. The Balaban J connectivity index is 2.36. The summed E-state index contributed by atoms with van der Waals surface area (Å²) in [4.78, 5) is 23.5. The van der Waals surface area contributed by atoms with Gasteiger partial charge in [0.25, 0.3) is 0 Å². The lowest BCUT2D eigenvalue weighted by molar-refractivity contribution is -0.157. The Bertz CT molecular complexity index is 529. The van der Waals surface area contributed by atoms with Gasteiger partial charge in [0, 0.05) is 10.9 Å². The fraction of sp³-hybridized carbons (Fsp3) is 0.429. The van der Waals surface area contributed by atoms with Crippen molar-refractivity contribution in [3.63, 3.8) is 0 Å². The van der Waals surface area contributed by atoms with Gasteiger partial charge in [-0.15, -0.1) is 0 Å². The summed E-state index contributed by atoms with van der Waals surface area (Å²) in [6.07, 6.45) is 1.90. The van der Waals surface area contributed by atoms with Crippen molar-refractivity contribution in [2.24, 2.45) is 5.41 Å². The Labute approximate surface area is 118 Å². The number of benzene rings is 1. The van der Waals surface area contributed by atoms with Gasteiger partial charge in [0.2, 0.25) is 0 Å². The summed E-state index contributed by atoms with van der Waals surface area (Å²) < 4.78 is 14.4. The van der Waals surface area contributed by atoms with Gasteiger partial charge >= 0.3 is 5.97 Å². The smallest absolute Gasteiger partial charge is 0.317 e. The van der Waals surface area contributed by atoms with E-state index in [-0.39, 0.29) is 30.6 Å². The molecule has 5 heteroatoms. The molecule has 102 valence electrons. The van der Waals surface area contributed by atoms with Crippen molar-refractivity contribution in [3.05, 3.63) is 34.1 Å². The van der Waals surface area contributed by atoms with Gasteiger partial charge in [-0.3, -0.25) is 9.59 Å². The van der Waals surface area contributed by atoms with E-state index in [1.807, 2.05) is 0 Å². The zero-order chi connectivity index (χ0) is 14.0. The fourth-order valence-corrected chi connectivity index (χ4v) is 2.90. The highest BCUT2D eigenvalue weighted by atomic mass is 79.9. The van der Waals surface area contributed by atoms with E-state index < -0.39 is 17.2 Å². The second kappa shape index (κ2) is 5.41. The summed E-state index contributed by atoms with van der Waals surface area (Å²) in [6.45, 7) is 0. The van der Waals surface area contributed by atoms with Gasteiger partial charge < -0.3 is 5.11 Å². The number of hydrogen-bond acceptors (Lipinski definition) is 2. The Morgan fingerprint density at radius 3 is 2.74 bits per heavy atom. The average molecular weight is 329 g/mol. The van der Waals surface area contributed by atoms with E-state index in [4.69, 9.17) is 0 Å². The summed E-state index contributed by atoms with van der Waals surface area (Å²) >= 11 is 3.15. The lowest BCUT2D eigenvalue weighted by atomic mass is 9.69. The zero-order valence-corrected chi connectivity index (χ0v) is 11.9. The molecular weight excluding hydrogens is 315 g/mol. The number of aliphatic carboxylic acids is 1. The van der Waals surface area contributed by atoms with Crippen LogP contribution in [0.25, 0.3) is 0 Å². The van der Waals surface area contributed by atoms with E-state index in [2.05, 4.69) is 15.9 Å². The Morgan fingerprint density at radius 2 is 2.16 bits per heavy atom. The number of ketones is 1. The van der Waals surface area contributed by atoms with Gasteiger partial charge in [0.1, 0.15) is 11.2 Å². The molecule has 19 heavy (non-hydrogen) atoms. The first kappa shape index (κ1) is 14.2. The fourth-order valence-electron chi connectivity index (χ4n) is 2.57. The SMILES string of the molecule is O=C(O)C1(Cc2ccc(Br)cc2F)CCCCC1=O. The molecule has 0 amide bonds. The monoisotopic (exact) mass is 328 g/mol. The quantitative estimate of drug-likeness (QED) is 0.866. The van der Waals surface area contributed by atoms with Crippen LogP contribution >= 0.6 is 15.9 Å². The molecule has 1 aliphatic carbocycles. The van der Waals surface area contributed by atoms with Crippen molar-refractivity contribution in [2.75, 3.05) is 0 Å². The summed E-state index contributed by atoms with van der Waals surface area (Å²) in [5, 5.41) is 9.41. The van der Waals surface area contributed by atoms with Crippen LogP contribution in [0.4, 0.5) is 4.39 Å². The molecule has 1 atom stereocenters. The maximum Gasteiger partial charge on any atom is 0.317 e. The molecule has 0 aromatic heterocycles. The molecule has 1 N–H and O–H groups in total. The van der Waals surface area contributed by atoms with Crippen molar-refractivity contribution in [1.29, 1.82) is 0 Å². The Hall–Kier alpha value is -1.23. The molecule has 0 saturated heterocycles. The third-order valence-electron chi connectivity index (χ3n) is 3.71. The number of hydrogen-bond donors (Lipinski definition) is 1. The molecule has 0 radical (unpaired) electrons. The van der Waals surface area contributed by atoms with Crippen molar-refractivity contribution < 1.29 is 19.1 Å². The van der Waals surface area contributed by atoms with Gasteiger partial charge in [0.05, 0.1) is 0 Å². The molecule has 0 aliphatic heterocycles. The van der Waals surface area contributed by atoms with Crippen LogP contribution in [-0.4, -0.2) is 16.9 Å². The Kier molecular flexibility index (Phi) is 4.04. The Morgan fingerprint density at radius 1 is 1.42 bits per heavy atom. The summed E-state index contributed by atoms with van der Waals surface area (Å²) in [5.41, 5.74) is -1.17. The average Bonchev–Trinajstić information content (AvgIpc) is 2.35. The number of Topliss-reactive ketones (excluding diaryl/α,β-unsaturated/α-hetero) is 1. The van der Waals surface area contributed by atoms with Crippen LogP contribution < -0.4 is 0 Å². The highest BCUT2D eigenvalue weighted by molar-refractivity contribution is 9.10. The lowest BCUT2D eigenvalue weighted by Crippen LogP contribution is -2.43. The second-order valence-electron chi connectivity index (χ2n) is 4.93. The molecule has 0 bridgehead atoms. The molecule has 1 saturated carbocycles. The minimum absolute atomic E-state index is 0.0692. The molecule has 1 aliphatic rings. The molecule has 1 aromatic rings. The van der Waals surface area contributed by atoms with E-state index in [1.54, 1.807) is 6.07 Å². The van der Waals surface area contributed by atoms with Crippen molar-refractivity contribution in [1.82, 2.24) is 0 Å². The predicted molar refractivity (Wildman–Crippen MR) is 71.3 cm³/mol. The van der Waals surface area contributed by atoms with Crippen LogP contribution in [0.15, 0.2) is 22.7 Å². The maximum atomic E-state index is 13.8. The molecule has 1 aromatic carbocycles. The van der Waals surface area contributed by atoms with Crippen LogP contribution in [0.3, 0.4) is 0 Å². The first-order valence-corrected chi connectivity index (χ1v) is 6.96. The molecule has 0 heterocycles. The van der Waals surface area contributed by atoms with Gasteiger partial charge in [0.15, 0.2) is 5.78 Å². The third kappa shape index (κ3) is 2.71. The van der Waals surface area contributed by atoms with Gasteiger partial charge in [-0.2, -0.15) is 0 Å². The summed E-state index contributed by atoms with van der Waals surface area (Å²) in [7, 11) is 0. The maximum absolute atomic E-state index is 13.8. The molecule has 1 unspecified atom stereocenters. The highest BCUT2D eigenvalue weighted by Crippen LogP contribution is 2.37. The van der Waals surface area contributed by atoms with E-state index in [0.29, 0.717) is 10.9 Å². The van der Waals surface area contributed by atoms with E-state index >= 15 is 0 Å². The van der Waals surface area contributed by atoms with E-state index in [1.165, 1.54) is 12.1 Å². The van der Waals surface area contributed by atoms with Crippen molar-refractivity contribution >= 4 is 27.7 Å². The summed E-state index contributed by atoms with van der Waals surface area (Å²) in [5.74, 6) is -1.90. The van der Waals surface area contributed by atoms with Crippen LogP contribution in [0.1, 0.15) is 31.2 Å². The van der Waals surface area contributed by atoms with Gasteiger partial charge in [-0.1, -0.05) is 28.4 Å². The van der Waals surface area contributed by atoms with Crippen LogP contribution in [-0.2, 0) is 16.0 Å². The van der Waals surface area contributed by atoms with Gasteiger partial charge in [-0.25, -0.2) is 4.39 Å². The minimum Gasteiger partial charge on any atom is -0.480 e. The number of rotatable bonds is 3. The van der Waals surface area contributed by atoms with Gasteiger partial charge in [-0.05, 0) is 37.0 Å².